The van der Waals surface area contributed by atoms with E-state index in [0.29, 0.717) is 6.04 Å². The van der Waals surface area contributed by atoms with E-state index in [4.69, 9.17) is 0 Å². The Morgan fingerprint density at radius 1 is 1.06 bits per heavy atom. The standard InChI is InChI=1S/C12H15N.2C2H6/c1-8-6-11-10-5-3-2-4-9(10)7-12(11)13-8;2*1-2/h2-5,8,11-13H,6-7H2,1H3;2*1-2H3. The maximum Gasteiger partial charge on any atom is 0.0179 e. The van der Waals surface area contributed by atoms with Crippen molar-refractivity contribution in [3.05, 3.63) is 35.4 Å². The van der Waals surface area contributed by atoms with Gasteiger partial charge in [0.1, 0.15) is 0 Å². The van der Waals surface area contributed by atoms with Crippen molar-refractivity contribution in [1.29, 1.82) is 0 Å². The second-order valence-electron chi connectivity index (χ2n) is 4.42. The summed E-state index contributed by atoms with van der Waals surface area (Å²) in [6, 6.07) is 10.4. The first-order valence-corrected chi connectivity index (χ1v) is 7.18. The van der Waals surface area contributed by atoms with E-state index in [-0.39, 0.29) is 0 Å². The zero-order valence-corrected chi connectivity index (χ0v) is 12.0. The molecule has 0 aromatic heterocycles. The average molecular weight is 233 g/mol. The number of hydrogen-bond donors (Lipinski definition) is 1. The Morgan fingerprint density at radius 2 is 1.71 bits per heavy atom. The van der Waals surface area contributed by atoms with Crippen molar-refractivity contribution in [3.8, 4) is 0 Å². The minimum atomic E-state index is 0.711. The van der Waals surface area contributed by atoms with Gasteiger partial charge >= 0.3 is 0 Å². The molecule has 1 aromatic rings. The molecule has 1 aliphatic heterocycles. The van der Waals surface area contributed by atoms with E-state index >= 15 is 0 Å². The van der Waals surface area contributed by atoms with E-state index in [1.165, 1.54) is 12.8 Å². The van der Waals surface area contributed by atoms with Crippen molar-refractivity contribution in [2.75, 3.05) is 0 Å². The summed E-state index contributed by atoms with van der Waals surface area (Å²) in [5, 5.41) is 3.66. The van der Waals surface area contributed by atoms with Gasteiger partial charge in [-0.1, -0.05) is 52.0 Å². The highest BCUT2D eigenvalue weighted by atomic mass is 15.0. The molecule has 1 N–H and O–H groups in total. The Labute approximate surface area is 107 Å². The van der Waals surface area contributed by atoms with Crippen molar-refractivity contribution in [2.45, 2.75) is 65.5 Å². The lowest BCUT2D eigenvalue weighted by Gasteiger charge is -2.07. The van der Waals surface area contributed by atoms with Crippen LogP contribution in [0.3, 0.4) is 0 Å². The van der Waals surface area contributed by atoms with Crippen molar-refractivity contribution in [1.82, 2.24) is 5.32 Å². The van der Waals surface area contributed by atoms with Gasteiger partial charge in [0.05, 0.1) is 0 Å². The monoisotopic (exact) mass is 233 g/mol. The van der Waals surface area contributed by atoms with Gasteiger partial charge < -0.3 is 5.32 Å². The second kappa shape index (κ2) is 6.80. The lowest BCUT2D eigenvalue weighted by Crippen LogP contribution is -2.28. The van der Waals surface area contributed by atoms with Crippen LogP contribution in [0.25, 0.3) is 0 Å². The van der Waals surface area contributed by atoms with Crippen LogP contribution >= 0.6 is 0 Å². The fraction of sp³-hybridized carbons (Fsp3) is 0.625. The first-order valence-electron chi connectivity index (χ1n) is 7.18. The number of hydrogen-bond acceptors (Lipinski definition) is 1. The molecule has 2 aliphatic rings. The number of nitrogens with one attached hydrogen (secondary N) is 1. The van der Waals surface area contributed by atoms with Crippen LogP contribution in [0.15, 0.2) is 24.3 Å². The number of rotatable bonds is 0. The molecular weight excluding hydrogens is 206 g/mol. The summed E-state index contributed by atoms with van der Waals surface area (Å²) in [5.41, 5.74) is 3.17. The highest BCUT2D eigenvalue weighted by molar-refractivity contribution is 5.39. The molecule has 0 radical (unpaired) electrons. The van der Waals surface area contributed by atoms with Crippen LogP contribution in [0.4, 0.5) is 0 Å². The third-order valence-corrected chi connectivity index (χ3v) is 3.49. The molecule has 0 bridgehead atoms. The van der Waals surface area contributed by atoms with E-state index < -0.39 is 0 Å². The molecule has 1 fully saturated rings. The molecule has 3 rings (SSSR count). The van der Waals surface area contributed by atoms with Crippen LogP contribution in [0, 0.1) is 0 Å². The molecule has 96 valence electrons. The van der Waals surface area contributed by atoms with Crippen LogP contribution < -0.4 is 5.32 Å². The molecule has 3 unspecified atom stereocenters. The van der Waals surface area contributed by atoms with Crippen LogP contribution in [-0.2, 0) is 6.42 Å². The van der Waals surface area contributed by atoms with Gasteiger partial charge in [0.25, 0.3) is 0 Å². The highest BCUT2D eigenvalue weighted by Gasteiger charge is 2.38. The molecule has 1 nitrogen and oxygen atoms in total. The van der Waals surface area contributed by atoms with Crippen LogP contribution in [0.1, 0.15) is 58.1 Å². The zero-order chi connectivity index (χ0) is 12.8. The van der Waals surface area contributed by atoms with E-state index in [1.54, 1.807) is 11.1 Å². The van der Waals surface area contributed by atoms with Gasteiger partial charge in [-0.2, -0.15) is 0 Å². The molecule has 3 atom stereocenters. The molecule has 1 aliphatic carbocycles. The fourth-order valence-electron chi connectivity index (χ4n) is 2.96. The summed E-state index contributed by atoms with van der Waals surface area (Å²) in [7, 11) is 0. The third kappa shape index (κ3) is 2.90. The minimum Gasteiger partial charge on any atom is -0.311 e. The van der Waals surface area contributed by atoms with Gasteiger partial charge in [-0.15, -0.1) is 0 Å². The summed E-state index contributed by atoms with van der Waals surface area (Å²) < 4.78 is 0. The summed E-state index contributed by atoms with van der Waals surface area (Å²) in [4.78, 5) is 0. The second-order valence-corrected chi connectivity index (χ2v) is 4.42. The number of fused-ring (bicyclic) bond motifs is 3. The van der Waals surface area contributed by atoms with Gasteiger partial charge in [-0.3, -0.25) is 0 Å². The predicted molar refractivity (Wildman–Crippen MR) is 76.6 cm³/mol. The lowest BCUT2D eigenvalue weighted by atomic mass is 9.97. The smallest absolute Gasteiger partial charge is 0.0179 e. The fourth-order valence-corrected chi connectivity index (χ4v) is 2.96. The van der Waals surface area contributed by atoms with Crippen molar-refractivity contribution in [3.63, 3.8) is 0 Å². The Kier molecular flexibility index (Phi) is 5.70. The molecule has 0 spiro atoms. The molecule has 0 saturated carbocycles. The predicted octanol–water partition coefficient (Wildman–Crippen LogP) is 4.13. The maximum atomic E-state index is 3.66. The first-order chi connectivity index (χ1) is 8.34. The van der Waals surface area contributed by atoms with Crippen LogP contribution in [0.2, 0.25) is 0 Å². The Bertz CT molecular complexity index is 332. The normalized spacial score (nSPS) is 28.2. The zero-order valence-electron chi connectivity index (χ0n) is 12.0. The van der Waals surface area contributed by atoms with Gasteiger partial charge in [-0.25, -0.2) is 0 Å². The van der Waals surface area contributed by atoms with E-state index in [0.717, 1.165) is 12.0 Å². The molecular formula is C16H27N. The van der Waals surface area contributed by atoms with Crippen LogP contribution in [0.5, 0.6) is 0 Å². The molecule has 0 amide bonds. The SMILES string of the molecule is CC.CC.CC1CC2c3ccccc3CC2N1. The quantitative estimate of drug-likeness (QED) is 0.710. The van der Waals surface area contributed by atoms with E-state index in [9.17, 15) is 0 Å². The van der Waals surface area contributed by atoms with Gasteiger partial charge in [0.2, 0.25) is 0 Å². The topological polar surface area (TPSA) is 12.0 Å². The summed E-state index contributed by atoms with van der Waals surface area (Å²) in [5.74, 6) is 0.797. The average Bonchev–Trinajstić information content (AvgIpc) is 2.90. The Balaban J connectivity index is 0.000000330. The van der Waals surface area contributed by atoms with E-state index in [1.807, 2.05) is 27.7 Å². The van der Waals surface area contributed by atoms with Gasteiger partial charge in [0.15, 0.2) is 0 Å². The van der Waals surface area contributed by atoms with Crippen molar-refractivity contribution in [2.24, 2.45) is 0 Å². The summed E-state index contributed by atoms with van der Waals surface area (Å²) in [6.45, 7) is 10.3. The summed E-state index contributed by atoms with van der Waals surface area (Å²) in [6.07, 6.45) is 2.56. The van der Waals surface area contributed by atoms with Crippen molar-refractivity contribution < 1.29 is 0 Å². The first kappa shape index (κ1) is 14.2. The number of benzene rings is 1. The molecule has 1 aromatic carbocycles. The lowest BCUT2D eigenvalue weighted by molar-refractivity contribution is 0.559. The highest BCUT2D eigenvalue weighted by Crippen LogP contribution is 2.40. The molecule has 1 heteroatoms. The largest absolute Gasteiger partial charge is 0.311 e. The van der Waals surface area contributed by atoms with Gasteiger partial charge in [0, 0.05) is 18.0 Å². The molecule has 1 heterocycles. The van der Waals surface area contributed by atoms with Gasteiger partial charge in [-0.05, 0) is 30.9 Å². The molecule has 1 saturated heterocycles. The minimum absolute atomic E-state index is 0.711. The Hall–Kier alpha value is -0.820. The van der Waals surface area contributed by atoms with E-state index in [2.05, 4.69) is 36.5 Å². The van der Waals surface area contributed by atoms with Crippen molar-refractivity contribution >= 4 is 0 Å². The molecule has 17 heavy (non-hydrogen) atoms. The maximum absolute atomic E-state index is 3.66. The third-order valence-electron chi connectivity index (χ3n) is 3.49. The Morgan fingerprint density at radius 3 is 2.41 bits per heavy atom. The van der Waals surface area contributed by atoms with Crippen LogP contribution in [-0.4, -0.2) is 12.1 Å². The summed E-state index contributed by atoms with van der Waals surface area (Å²) >= 11 is 0.